The molecule has 1 N–H and O–H groups in total. The maximum atomic E-state index is 13.4. The number of amides is 2. The van der Waals surface area contributed by atoms with E-state index in [1.165, 1.54) is 0 Å². The SMILES string of the molecule is CN1CCCC12CCN([C@H](CC1CC1)C(=O)N[C@H](C#N)C[C@@H]1CCCC1=O)C2=O. The third-order valence-corrected chi connectivity index (χ3v) is 7.60. The van der Waals surface area contributed by atoms with Crippen molar-refractivity contribution in [2.24, 2.45) is 11.8 Å². The maximum Gasteiger partial charge on any atom is 0.243 e. The molecular formula is C22H32N4O3. The minimum Gasteiger partial charge on any atom is -0.339 e. The second kappa shape index (κ2) is 8.06. The Morgan fingerprint density at radius 1 is 1.21 bits per heavy atom. The molecule has 0 aromatic carbocycles. The number of hydrogen-bond donors (Lipinski definition) is 1. The summed E-state index contributed by atoms with van der Waals surface area (Å²) in [6.45, 7) is 1.53. The van der Waals surface area contributed by atoms with E-state index in [4.69, 9.17) is 0 Å². The highest BCUT2D eigenvalue weighted by atomic mass is 16.2. The van der Waals surface area contributed by atoms with Crippen molar-refractivity contribution in [3.8, 4) is 6.07 Å². The molecule has 2 saturated heterocycles. The summed E-state index contributed by atoms with van der Waals surface area (Å²) in [5.41, 5.74) is -0.438. The Morgan fingerprint density at radius 2 is 2.00 bits per heavy atom. The number of likely N-dealkylation sites (tertiary alicyclic amines) is 2. The van der Waals surface area contributed by atoms with Crippen LogP contribution in [-0.4, -0.2) is 65.2 Å². The number of hydrogen-bond acceptors (Lipinski definition) is 5. The van der Waals surface area contributed by atoms with Crippen molar-refractivity contribution in [1.29, 1.82) is 5.26 Å². The monoisotopic (exact) mass is 400 g/mol. The molecule has 2 heterocycles. The lowest BCUT2D eigenvalue weighted by Crippen LogP contribution is -2.55. The van der Waals surface area contributed by atoms with E-state index in [9.17, 15) is 19.6 Å². The van der Waals surface area contributed by atoms with Crippen LogP contribution >= 0.6 is 0 Å². The summed E-state index contributed by atoms with van der Waals surface area (Å²) >= 11 is 0. The molecule has 0 radical (unpaired) electrons. The Hall–Kier alpha value is -1.94. The molecule has 2 saturated carbocycles. The second-order valence-corrected chi connectivity index (χ2v) is 9.48. The largest absolute Gasteiger partial charge is 0.339 e. The number of carbonyl (C=O) groups is 3. The van der Waals surface area contributed by atoms with E-state index in [0.717, 1.165) is 51.5 Å². The van der Waals surface area contributed by atoms with Crippen molar-refractivity contribution < 1.29 is 14.4 Å². The molecule has 2 aliphatic heterocycles. The first-order valence-corrected chi connectivity index (χ1v) is 11.2. The average molecular weight is 401 g/mol. The number of likely N-dealkylation sites (N-methyl/N-ethyl adjacent to an activating group) is 1. The molecular weight excluding hydrogens is 368 g/mol. The van der Waals surface area contributed by atoms with E-state index in [0.29, 0.717) is 31.7 Å². The van der Waals surface area contributed by atoms with Gasteiger partial charge in [-0.2, -0.15) is 5.26 Å². The quantitative estimate of drug-likeness (QED) is 0.701. The summed E-state index contributed by atoms with van der Waals surface area (Å²) in [7, 11) is 2.01. The first kappa shape index (κ1) is 20.3. The van der Waals surface area contributed by atoms with E-state index in [1.807, 2.05) is 7.05 Å². The van der Waals surface area contributed by atoms with Crippen molar-refractivity contribution in [3.05, 3.63) is 0 Å². The minimum absolute atomic E-state index is 0.0813. The number of ketones is 1. The minimum atomic E-state index is -0.669. The van der Waals surface area contributed by atoms with Gasteiger partial charge in [0.1, 0.15) is 23.4 Å². The van der Waals surface area contributed by atoms with Crippen molar-refractivity contribution in [2.45, 2.75) is 81.8 Å². The summed E-state index contributed by atoms with van der Waals surface area (Å²) in [6.07, 6.45) is 8.19. The first-order chi connectivity index (χ1) is 13.9. The van der Waals surface area contributed by atoms with Crippen molar-refractivity contribution >= 4 is 17.6 Å². The Labute approximate surface area is 172 Å². The highest BCUT2D eigenvalue weighted by Crippen LogP contribution is 2.41. The number of rotatable bonds is 7. The number of nitriles is 1. The molecule has 4 rings (SSSR count). The molecule has 7 nitrogen and oxygen atoms in total. The number of Topliss-reactive ketones (excluding diaryl/α,β-unsaturated/α-hetero) is 1. The fraction of sp³-hybridized carbons (Fsp3) is 0.818. The molecule has 2 aliphatic carbocycles. The van der Waals surface area contributed by atoms with Crippen LogP contribution in [0.15, 0.2) is 0 Å². The van der Waals surface area contributed by atoms with Crippen LogP contribution < -0.4 is 5.32 Å². The fourth-order valence-corrected chi connectivity index (χ4v) is 5.56. The third kappa shape index (κ3) is 3.92. The Morgan fingerprint density at radius 3 is 2.59 bits per heavy atom. The predicted octanol–water partition coefficient (Wildman–Crippen LogP) is 1.62. The van der Waals surface area contributed by atoms with Gasteiger partial charge in [-0.15, -0.1) is 0 Å². The van der Waals surface area contributed by atoms with Crippen LogP contribution in [-0.2, 0) is 14.4 Å². The molecule has 0 aromatic rings. The lowest BCUT2D eigenvalue weighted by molar-refractivity contribution is -0.143. The molecule has 1 spiro atoms. The van der Waals surface area contributed by atoms with Gasteiger partial charge in [-0.25, -0.2) is 0 Å². The molecule has 2 amide bonds. The van der Waals surface area contributed by atoms with Gasteiger partial charge in [0.25, 0.3) is 0 Å². The average Bonchev–Trinajstić information content (AvgIpc) is 3.19. The van der Waals surface area contributed by atoms with Crippen LogP contribution in [0.3, 0.4) is 0 Å². The van der Waals surface area contributed by atoms with Gasteiger partial charge in [0.05, 0.1) is 6.07 Å². The molecule has 7 heteroatoms. The van der Waals surface area contributed by atoms with Crippen LogP contribution in [0.25, 0.3) is 0 Å². The molecule has 1 unspecified atom stereocenters. The Kier molecular flexibility index (Phi) is 5.65. The summed E-state index contributed by atoms with van der Waals surface area (Å²) in [4.78, 5) is 42.4. The van der Waals surface area contributed by atoms with Gasteiger partial charge in [-0.05, 0) is 64.5 Å². The van der Waals surface area contributed by atoms with Crippen molar-refractivity contribution in [2.75, 3.05) is 20.1 Å². The topological polar surface area (TPSA) is 93.5 Å². The fourth-order valence-electron chi connectivity index (χ4n) is 5.56. The molecule has 4 atom stereocenters. The molecule has 4 aliphatic rings. The Balaban J connectivity index is 1.45. The van der Waals surface area contributed by atoms with Gasteiger partial charge >= 0.3 is 0 Å². The maximum absolute atomic E-state index is 13.4. The highest BCUT2D eigenvalue weighted by Gasteiger charge is 2.54. The predicted molar refractivity (Wildman–Crippen MR) is 107 cm³/mol. The lowest BCUT2D eigenvalue weighted by Gasteiger charge is -2.33. The van der Waals surface area contributed by atoms with Gasteiger partial charge < -0.3 is 10.2 Å². The molecule has 0 bridgehead atoms. The van der Waals surface area contributed by atoms with Crippen molar-refractivity contribution in [3.63, 3.8) is 0 Å². The van der Waals surface area contributed by atoms with Gasteiger partial charge in [0, 0.05) is 18.9 Å². The smallest absolute Gasteiger partial charge is 0.243 e. The van der Waals surface area contributed by atoms with Crippen molar-refractivity contribution in [1.82, 2.24) is 15.1 Å². The van der Waals surface area contributed by atoms with Gasteiger partial charge in [0.2, 0.25) is 11.8 Å². The molecule has 158 valence electrons. The van der Waals surface area contributed by atoms with Crippen LogP contribution in [0.4, 0.5) is 0 Å². The summed E-state index contributed by atoms with van der Waals surface area (Å²) in [5.74, 6) is 0.437. The van der Waals surface area contributed by atoms with E-state index < -0.39 is 17.6 Å². The van der Waals surface area contributed by atoms with Crippen LogP contribution in [0, 0.1) is 23.2 Å². The van der Waals surface area contributed by atoms with Crippen LogP contribution in [0.2, 0.25) is 0 Å². The van der Waals surface area contributed by atoms with E-state index in [2.05, 4.69) is 16.3 Å². The standard InChI is InChI=1S/C22H32N4O3/c1-25-10-3-8-22(25)9-11-26(21(22)29)18(12-15-6-7-15)20(28)24-17(14-23)13-16-4-2-5-19(16)27/h15-18H,2-13H2,1H3,(H,24,28)/t16-,17-,18+,22?/m0/s1. The summed E-state index contributed by atoms with van der Waals surface area (Å²) < 4.78 is 0. The molecule has 29 heavy (non-hydrogen) atoms. The Bertz CT molecular complexity index is 728. The van der Waals surface area contributed by atoms with Gasteiger partial charge in [-0.3, -0.25) is 19.3 Å². The zero-order valence-electron chi connectivity index (χ0n) is 17.4. The zero-order valence-corrected chi connectivity index (χ0v) is 17.4. The molecule has 4 fully saturated rings. The van der Waals surface area contributed by atoms with Crippen LogP contribution in [0.5, 0.6) is 0 Å². The lowest BCUT2D eigenvalue weighted by atomic mass is 9.94. The first-order valence-electron chi connectivity index (χ1n) is 11.2. The summed E-state index contributed by atoms with van der Waals surface area (Å²) in [6, 6.07) is 0.995. The van der Waals surface area contributed by atoms with E-state index in [-0.39, 0.29) is 23.5 Å². The third-order valence-electron chi connectivity index (χ3n) is 7.60. The number of nitrogens with zero attached hydrogens (tertiary/aromatic N) is 3. The number of nitrogens with one attached hydrogen (secondary N) is 1. The number of carbonyl (C=O) groups excluding carboxylic acids is 3. The van der Waals surface area contributed by atoms with Gasteiger partial charge in [-0.1, -0.05) is 12.8 Å². The molecule has 0 aromatic heterocycles. The highest BCUT2D eigenvalue weighted by molar-refractivity contribution is 5.94. The van der Waals surface area contributed by atoms with E-state index >= 15 is 0 Å². The second-order valence-electron chi connectivity index (χ2n) is 9.48. The zero-order chi connectivity index (χ0) is 20.6. The summed E-state index contributed by atoms with van der Waals surface area (Å²) in [5, 5.41) is 12.4. The van der Waals surface area contributed by atoms with E-state index in [1.54, 1.807) is 4.90 Å². The van der Waals surface area contributed by atoms with Gasteiger partial charge in [0.15, 0.2) is 0 Å². The van der Waals surface area contributed by atoms with Crippen LogP contribution in [0.1, 0.15) is 64.2 Å². The normalized spacial score (nSPS) is 32.0.